The number of anilines is 1. The van der Waals surface area contributed by atoms with Gasteiger partial charge in [0.15, 0.2) is 5.58 Å². The zero-order valence-corrected chi connectivity index (χ0v) is 17.7. The molecule has 0 radical (unpaired) electrons. The van der Waals surface area contributed by atoms with Crippen molar-refractivity contribution in [1.29, 1.82) is 5.26 Å². The number of fused-ring (bicyclic) bond motifs is 1. The van der Waals surface area contributed by atoms with Crippen molar-refractivity contribution in [2.24, 2.45) is 5.73 Å². The van der Waals surface area contributed by atoms with Gasteiger partial charge in [0.05, 0.1) is 11.3 Å². The van der Waals surface area contributed by atoms with Crippen molar-refractivity contribution in [3.05, 3.63) is 47.3 Å². The molecule has 0 aliphatic carbocycles. The standard InChI is InChI=1S/C23H25N5O2/c1-14-16(12-24)18-20(30-21(26-18)22(29)27(3)4)19(28-11-10-23(2,25)13-28)17(14)15-8-6-5-7-9-15/h5-9H,10-11,13,25H2,1-4H3. The van der Waals surface area contributed by atoms with E-state index in [-0.39, 0.29) is 17.3 Å². The van der Waals surface area contributed by atoms with Crippen LogP contribution in [-0.2, 0) is 0 Å². The van der Waals surface area contributed by atoms with Crippen LogP contribution >= 0.6 is 0 Å². The number of hydrogen-bond acceptors (Lipinski definition) is 6. The van der Waals surface area contributed by atoms with Crippen LogP contribution in [0, 0.1) is 18.3 Å². The molecule has 1 fully saturated rings. The minimum Gasteiger partial charge on any atom is -0.430 e. The Bertz CT molecular complexity index is 1170. The van der Waals surface area contributed by atoms with Gasteiger partial charge in [0.25, 0.3) is 5.89 Å². The van der Waals surface area contributed by atoms with Crippen molar-refractivity contribution in [1.82, 2.24) is 9.88 Å². The number of rotatable bonds is 3. The molecule has 1 aliphatic heterocycles. The fourth-order valence-corrected chi connectivity index (χ4v) is 4.10. The zero-order chi connectivity index (χ0) is 21.6. The van der Waals surface area contributed by atoms with Gasteiger partial charge in [-0.2, -0.15) is 5.26 Å². The topological polar surface area (TPSA) is 99.4 Å². The first-order chi connectivity index (χ1) is 14.2. The summed E-state index contributed by atoms with van der Waals surface area (Å²) in [5, 5.41) is 9.92. The van der Waals surface area contributed by atoms with Gasteiger partial charge >= 0.3 is 5.91 Å². The maximum atomic E-state index is 12.5. The maximum Gasteiger partial charge on any atom is 0.309 e. The van der Waals surface area contributed by atoms with E-state index in [1.165, 1.54) is 4.90 Å². The van der Waals surface area contributed by atoms with Crippen LogP contribution < -0.4 is 10.6 Å². The number of carbonyl (C=O) groups is 1. The minimum atomic E-state index is -0.343. The van der Waals surface area contributed by atoms with Crippen molar-refractivity contribution in [2.75, 3.05) is 32.1 Å². The van der Waals surface area contributed by atoms with Gasteiger partial charge in [-0.05, 0) is 31.4 Å². The largest absolute Gasteiger partial charge is 0.430 e. The molecule has 1 aromatic heterocycles. The first-order valence-electron chi connectivity index (χ1n) is 9.91. The molecule has 154 valence electrons. The summed E-state index contributed by atoms with van der Waals surface area (Å²) in [6.07, 6.45) is 0.833. The lowest BCUT2D eigenvalue weighted by molar-refractivity contribution is 0.0791. The lowest BCUT2D eigenvalue weighted by Gasteiger charge is -2.25. The lowest BCUT2D eigenvalue weighted by atomic mass is 9.93. The monoisotopic (exact) mass is 403 g/mol. The molecule has 1 atom stereocenters. The predicted octanol–water partition coefficient (Wildman–Crippen LogP) is 3.30. The number of hydrogen-bond donors (Lipinski definition) is 1. The fraction of sp³-hybridized carbons (Fsp3) is 0.348. The summed E-state index contributed by atoms with van der Waals surface area (Å²) < 4.78 is 6.03. The Morgan fingerprint density at radius 2 is 2.03 bits per heavy atom. The molecule has 1 saturated heterocycles. The summed E-state index contributed by atoms with van der Waals surface area (Å²) >= 11 is 0. The van der Waals surface area contributed by atoms with E-state index in [0.717, 1.165) is 35.3 Å². The van der Waals surface area contributed by atoms with Crippen LogP contribution in [0.2, 0.25) is 0 Å². The molecule has 0 saturated carbocycles. The SMILES string of the molecule is Cc1c(-c2ccccc2)c(N2CCC(C)(N)C2)c2oc(C(=O)N(C)C)nc2c1C#N. The number of nitrogens with two attached hydrogens (primary N) is 1. The normalized spacial score (nSPS) is 18.6. The second-order valence-electron chi connectivity index (χ2n) is 8.42. The molecular weight excluding hydrogens is 378 g/mol. The molecule has 2 N–H and O–H groups in total. The van der Waals surface area contributed by atoms with E-state index in [0.29, 0.717) is 23.2 Å². The Labute approximate surface area is 175 Å². The van der Waals surface area contributed by atoms with Crippen LogP contribution in [0.4, 0.5) is 5.69 Å². The van der Waals surface area contributed by atoms with Crippen LogP contribution in [-0.4, -0.2) is 48.5 Å². The Hall–Kier alpha value is -3.37. The molecule has 1 aliphatic rings. The average molecular weight is 403 g/mol. The first-order valence-corrected chi connectivity index (χ1v) is 9.91. The fourth-order valence-electron chi connectivity index (χ4n) is 4.10. The van der Waals surface area contributed by atoms with Gasteiger partial charge in [-0.15, -0.1) is 0 Å². The van der Waals surface area contributed by atoms with Crippen molar-refractivity contribution in [3.8, 4) is 17.2 Å². The van der Waals surface area contributed by atoms with Gasteiger partial charge in [0.2, 0.25) is 0 Å². The molecule has 2 aromatic carbocycles. The number of nitrogens with zero attached hydrogens (tertiary/aromatic N) is 4. The third-order valence-electron chi connectivity index (χ3n) is 5.65. The van der Waals surface area contributed by atoms with Crippen LogP contribution in [0.3, 0.4) is 0 Å². The molecule has 1 unspecified atom stereocenters. The van der Waals surface area contributed by atoms with Crippen molar-refractivity contribution < 1.29 is 9.21 Å². The van der Waals surface area contributed by atoms with E-state index >= 15 is 0 Å². The van der Waals surface area contributed by atoms with Crippen LogP contribution in [0.25, 0.3) is 22.2 Å². The molecule has 4 rings (SSSR count). The number of aromatic nitrogens is 1. The molecule has 0 bridgehead atoms. The highest BCUT2D eigenvalue weighted by Gasteiger charge is 2.35. The smallest absolute Gasteiger partial charge is 0.309 e. The quantitative estimate of drug-likeness (QED) is 0.720. The highest BCUT2D eigenvalue weighted by atomic mass is 16.4. The molecule has 7 heteroatoms. The summed E-state index contributed by atoms with van der Waals surface area (Å²) in [6, 6.07) is 12.2. The summed E-state index contributed by atoms with van der Waals surface area (Å²) in [5.74, 6) is -0.364. The molecule has 2 heterocycles. The maximum absolute atomic E-state index is 12.5. The second-order valence-corrected chi connectivity index (χ2v) is 8.42. The number of amides is 1. The Kier molecular flexibility index (Phi) is 4.75. The zero-order valence-electron chi connectivity index (χ0n) is 17.7. The Balaban J connectivity index is 2.08. The van der Waals surface area contributed by atoms with E-state index in [2.05, 4.69) is 16.0 Å². The molecular formula is C23H25N5O2. The van der Waals surface area contributed by atoms with Gasteiger partial charge in [-0.25, -0.2) is 4.98 Å². The van der Waals surface area contributed by atoms with Gasteiger partial charge in [-0.1, -0.05) is 30.3 Å². The third kappa shape index (κ3) is 3.19. The summed E-state index contributed by atoms with van der Waals surface area (Å²) in [5.41, 5.74) is 10.9. The van der Waals surface area contributed by atoms with Gasteiger partial charge in [-0.3, -0.25) is 4.79 Å². The Morgan fingerprint density at radius 3 is 2.60 bits per heavy atom. The first kappa shape index (κ1) is 19.9. The average Bonchev–Trinajstić information content (AvgIpc) is 3.30. The molecule has 3 aromatic rings. The van der Waals surface area contributed by atoms with Crippen LogP contribution in [0.15, 0.2) is 34.7 Å². The highest BCUT2D eigenvalue weighted by molar-refractivity contribution is 6.04. The Morgan fingerprint density at radius 1 is 1.33 bits per heavy atom. The van der Waals surface area contributed by atoms with E-state index in [9.17, 15) is 10.1 Å². The number of oxazole rings is 1. The van der Waals surface area contributed by atoms with Crippen LogP contribution in [0.5, 0.6) is 0 Å². The van der Waals surface area contributed by atoms with E-state index in [4.69, 9.17) is 10.2 Å². The van der Waals surface area contributed by atoms with E-state index < -0.39 is 0 Å². The molecule has 30 heavy (non-hydrogen) atoms. The lowest BCUT2D eigenvalue weighted by Crippen LogP contribution is -2.39. The summed E-state index contributed by atoms with van der Waals surface area (Å²) in [7, 11) is 3.29. The molecule has 0 spiro atoms. The van der Waals surface area contributed by atoms with Crippen LogP contribution in [0.1, 0.15) is 35.2 Å². The third-order valence-corrected chi connectivity index (χ3v) is 5.65. The predicted molar refractivity (Wildman–Crippen MR) is 116 cm³/mol. The molecule has 1 amide bonds. The van der Waals surface area contributed by atoms with E-state index in [1.807, 2.05) is 44.2 Å². The van der Waals surface area contributed by atoms with Gasteiger partial charge < -0.3 is 20.0 Å². The number of benzene rings is 2. The van der Waals surface area contributed by atoms with E-state index in [1.54, 1.807) is 14.1 Å². The summed E-state index contributed by atoms with van der Waals surface area (Å²) in [6.45, 7) is 5.35. The second kappa shape index (κ2) is 7.15. The number of carbonyl (C=O) groups excluding carboxylic acids is 1. The van der Waals surface area contributed by atoms with Crippen molar-refractivity contribution >= 4 is 22.7 Å². The minimum absolute atomic E-state index is 0.0212. The summed E-state index contributed by atoms with van der Waals surface area (Å²) in [4.78, 5) is 20.6. The highest BCUT2D eigenvalue weighted by Crippen LogP contribution is 2.44. The van der Waals surface area contributed by atoms with Crippen molar-refractivity contribution in [3.63, 3.8) is 0 Å². The van der Waals surface area contributed by atoms with Gasteiger partial charge in [0.1, 0.15) is 11.6 Å². The number of nitriles is 1. The van der Waals surface area contributed by atoms with Gasteiger partial charge in [0, 0.05) is 38.3 Å². The van der Waals surface area contributed by atoms with Crippen molar-refractivity contribution in [2.45, 2.75) is 25.8 Å². The molecule has 7 nitrogen and oxygen atoms in total.